The first-order valence-electron chi connectivity index (χ1n) is 25.0. The summed E-state index contributed by atoms with van der Waals surface area (Å²) in [5.41, 5.74) is 0. The second kappa shape index (κ2) is 21.3. The van der Waals surface area contributed by atoms with Crippen molar-refractivity contribution in [1.29, 1.82) is 0 Å². The molecule has 7 unspecified atom stereocenters. The van der Waals surface area contributed by atoms with Gasteiger partial charge in [0.15, 0.2) is 6.71 Å². The van der Waals surface area contributed by atoms with Crippen LogP contribution in [0, 0.1) is 0 Å². The van der Waals surface area contributed by atoms with Crippen LogP contribution in [0.1, 0.15) is 250 Å². The van der Waals surface area contributed by atoms with Crippen LogP contribution in [0.4, 0.5) is 0 Å². The van der Waals surface area contributed by atoms with Crippen LogP contribution in [0.5, 0.6) is 0 Å². The van der Waals surface area contributed by atoms with Gasteiger partial charge in [-0.25, -0.2) is 0 Å². The molecule has 51 heavy (non-hydrogen) atoms. The fraction of sp³-hybridized carbons (Fsp3) is 1.00. The molecular formula is C48H87BN2. The Morgan fingerprint density at radius 1 is 0.235 bits per heavy atom. The molecule has 0 amide bonds. The normalized spacial score (nSPS) is 38.1. The van der Waals surface area contributed by atoms with E-state index in [1.54, 1.807) is 51.4 Å². The number of nitrogens with zero attached hydrogens (tertiary/aromatic N) is 2. The summed E-state index contributed by atoms with van der Waals surface area (Å²) >= 11 is 0. The van der Waals surface area contributed by atoms with E-state index >= 15 is 0 Å². The second-order valence-corrected chi connectivity index (χ2v) is 20.1. The van der Waals surface area contributed by atoms with Crippen molar-refractivity contribution in [3.05, 3.63) is 0 Å². The monoisotopic (exact) mass is 703 g/mol. The van der Waals surface area contributed by atoms with Gasteiger partial charge in [-0.3, -0.25) is 9.80 Å². The lowest BCUT2D eigenvalue weighted by atomic mass is 9.19. The Bertz CT molecular complexity index is 932. The highest BCUT2D eigenvalue weighted by atomic mass is 15.3. The summed E-state index contributed by atoms with van der Waals surface area (Å²) in [6.07, 6.45) is 59.5. The molecule has 5 aliphatic carbocycles. The first-order chi connectivity index (χ1) is 25.4. The largest absolute Gasteiger partial charge is 0.295 e. The fourth-order valence-corrected chi connectivity index (χ4v) is 14.7. The van der Waals surface area contributed by atoms with Crippen LogP contribution in [0.15, 0.2) is 0 Å². The van der Waals surface area contributed by atoms with Crippen LogP contribution in [0.2, 0.25) is 17.5 Å². The molecular weight excluding hydrogens is 615 g/mol. The minimum Gasteiger partial charge on any atom is -0.295 e. The summed E-state index contributed by atoms with van der Waals surface area (Å²) in [6.45, 7) is 1.03. The van der Waals surface area contributed by atoms with Gasteiger partial charge >= 0.3 is 0 Å². The Morgan fingerprint density at radius 2 is 0.471 bits per heavy atom. The highest BCUT2D eigenvalue weighted by Gasteiger charge is 2.61. The van der Waals surface area contributed by atoms with Crippen molar-refractivity contribution in [2.75, 3.05) is 0 Å². The van der Waals surface area contributed by atoms with E-state index in [2.05, 4.69) is 9.80 Å². The average molecular weight is 703 g/mol. The Kier molecular flexibility index (Phi) is 16.4. The van der Waals surface area contributed by atoms with E-state index < -0.39 is 0 Å². The smallest absolute Gasteiger partial charge is 0.156 e. The van der Waals surface area contributed by atoms with Crippen molar-refractivity contribution in [2.45, 2.75) is 304 Å². The van der Waals surface area contributed by atoms with Crippen LogP contribution in [0.3, 0.4) is 0 Å². The molecule has 0 aromatic rings. The number of hydrogen-bond donors (Lipinski definition) is 0. The minimum absolute atomic E-state index is 0.877. The van der Waals surface area contributed by atoms with Gasteiger partial charge < -0.3 is 0 Å². The van der Waals surface area contributed by atoms with E-state index in [-0.39, 0.29) is 0 Å². The summed E-state index contributed by atoms with van der Waals surface area (Å²) < 4.78 is 0. The van der Waals surface area contributed by atoms with E-state index in [4.69, 9.17) is 0 Å². The van der Waals surface area contributed by atoms with Crippen LogP contribution in [-0.2, 0) is 0 Å². The van der Waals surface area contributed by atoms with E-state index in [1.165, 1.54) is 199 Å². The maximum absolute atomic E-state index is 3.53. The maximum Gasteiger partial charge on any atom is 0.156 e. The first-order valence-corrected chi connectivity index (χ1v) is 25.0. The Balaban J connectivity index is 1.32. The fourth-order valence-electron chi connectivity index (χ4n) is 14.7. The van der Waals surface area contributed by atoms with Crippen molar-refractivity contribution in [1.82, 2.24) is 9.80 Å². The zero-order valence-corrected chi connectivity index (χ0v) is 34.2. The predicted molar refractivity (Wildman–Crippen MR) is 223 cm³/mol. The molecule has 7 aliphatic rings. The van der Waals surface area contributed by atoms with E-state index in [9.17, 15) is 0 Å². The number of hydrogen-bond acceptors (Lipinski definition) is 2. The number of rotatable bonds is 2. The molecule has 2 heterocycles. The summed E-state index contributed by atoms with van der Waals surface area (Å²) in [5.74, 6) is 2.94. The van der Waals surface area contributed by atoms with Gasteiger partial charge in [-0.05, 0) is 68.8 Å². The van der Waals surface area contributed by atoms with Gasteiger partial charge in [0, 0.05) is 36.3 Å². The van der Waals surface area contributed by atoms with Gasteiger partial charge in [-0.1, -0.05) is 199 Å². The lowest BCUT2D eigenvalue weighted by Crippen LogP contribution is -2.71. The van der Waals surface area contributed by atoms with Gasteiger partial charge in [0.2, 0.25) is 0 Å². The summed E-state index contributed by atoms with van der Waals surface area (Å²) in [4.78, 5) is 7.04. The SMILES string of the molecule is C1CCCCCC(N2C3CCCCCCCC3B3C4CCCCCCCC4N(C4CCCCCCCC4)C4CCCCCCC2C34)CCCCC1. The Morgan fingerprint density at radius 3 is 0.784 bits per heavy atom. The lowest BCUT2D eigenvalue weighted by Gasteiger charge is -2.66. The highest BCUT2D eigenvalue weighted by Crippen LogP contribution is 2.59. The van der Waals surface area contributed by atoms with Crippen LogP contribution in [-0.4, -0.2) is 52.8 Å². The van der Waals surface area contributed by atoms with Gasteiger partial charge in [-0.2, -0.15) is 0 Å². The molecule has 7 atom stereocenters. The zero-order chi connectivity index (χ0) is 34.5. The maximum atomic E-state index is 3.53. The number of fused-ring (bicyclic) bond motifs is 4. The van der Waals surface area contributed by atoms with Gasteiger partial charge in [0.05, 0.1) is 0 Å². The van der Waals surface area contributed by atoms with Crippen LogP contribution >= 0.6 is 0 Å². The molecule has 0 spiro atoms. The molecule has 2 nitrogen and oxygen atoms in total. The summed E-state index contributed by atoms with van der Waals surface area (Å²) in [5, 5.41) is 0. The molecule has 0 N–H and O–H groups in total. The lowest BCUT2D eigenvalue weighted by molar-refractivity contribution is -0.0272. The molecule has 0 radical (unpaired) electrons. The topological polar surface area (TPSA) is 6.48 Å². The predicted octanol–water partition coefficient (Wildman–Crippen LogP) is 14.7. The van der Waals surface area contributed by atoms with E-state index in [1.807, 2.05) is 0 Å². The summed E-state index contributed by atoms with van der Waals surface area (Å²) in [6, 6.07) is 5.33. The van der Waals surface area contributed by atoms with Crippen LogP contribution in [0.25, 0.3) is 0 Å². The third kappa shape index (κ3) is 10.2. The highest BCUT2D eigenvalue weighted by molar-refractivity contribution is 6.65. The average Bonchev–Trinajstić information content (AvgIpc) is 3.46. The standard InChI is InChI=1S/C48H87BN2/c1-2-4-10-20-30-40(31-21-11-5-3-1)50-44-36-26-16-8-14-24-34-42(44)49-43-35-25-15-9-17-27-37-45(43)51(41-32-22-12-6-7-13-23-33-41)47-39-29-19-18-28-38-46(50)48(47)49/h40-48H,1-39H2. The third-order valence-electron chi connectivity index (χ3n) is 16.9. The van der Waals surface area contributed by atoms with Crippen molar-refractivity contribution in [3.63, 3.8) is 0 Å². The molecule has 0 bridgehead atoms. The zero-order valence-electron chi connectivity index (χ0n) is 34.2. The molecule has 7 rings (SSSR count). The summed E-state index contributed by atoms with van der Waals surface area (Å²) in [7, 11) is 0. The molecule has 5 saturated carbocycles. The molecule has 292 valence electrons. The molecule has 2 aliphatic heterocycles. The molecule has 2 saturated heterocycles. The van der Waals surface area contributed by atoms with Crippen molar-refractivity contribution in [2.24, 2.45) is 0 Å². The molecule has 7 fully saturated rings. The molecule has 0 aromatic carbocycles. The Labute approximate surface area is 319 Å². The van der Waals surface area contributed by atoms with Crippen LogP contribution < -0.4 is 0 Å². The second-order valence-electron chi connectivity index (χ2n) is 20.1. The van der Waals surface area contributed by atoms with Gasteiger partial charge in [-0.15, -0.1) is 0 Å². The quantitative estimate of drug-likeness (QED) is 0.264. The Hall–Kier alpha value is -0.0151. The van der Waals surface area contributed by atoms with E-state index in [0.29, 0.717) is 0 Å². The molecule has 3 heteroatoms. The third-order valence-corrected chi connectivity index (χ3v) is 16.9. The minimum atomic E-state index is 0.877. The van der Waals surface area contributed by atoms with Gasteiger partial charge in [0.1, 0.15) is 0 Å². The van der Waals surface area contributed by atoms with Crippen molar-refractivity contribution in [3.8, 4) is 0 Å². The van der Waals surface area contributed by atoms with E-state index in [0.717, 1.165) is 60.4 Å². The molecule has 0 aromatic heterocycles. The van der Waals surface area contributed by atoms with Crippen molar-refractivity contribution < 1.29 is 0 Å². The van der Waals surface area contributed by atoms with Crippen molar-refractivity contribution >= 4 is 6.71 Å². The van der Waals surface area contributed by atoms with Gasteiger partial charge in [0.25, 0.3) is 0 Å². The first kappa shape index (κ1) is 39.2.